The Morgan fingerprint density at radius 2 is 1.79 bits per heavy atom. The van der Waals surface area contributed by atoms with Crippen molar-refractivity contribution in [3.8, 4) is 5.75 Å². The van der Waals surface area contributed by atoms with Crippen LogP contribution in [0.2, 0.25) is 5.02 Å². The zero-order valence-electron chi connectivity index (χ0n) is 15.7. The minimum Gasteiger partial charge on any atom is -0.482 e. The third-order valence-corrected chi connectivity index (χ3v) is 7.16. The number of anilines is 1. The van der Waals surface area contributed by atoms with Gasteiger partial charge in [-0.3, -0.25) is 4.79 Å². The van der Waals surface area contributed by atoms with Gasteiger partial charge in [0.15, 0.2) is 6.61 Å². The van der Waals surface area contributed by atoms with E-state index >= 15 is 0 Å². The van der Waals surface area contributed by atoms with Crippen LogP contribution < -0.4 is 14.8 Å². The van der Waals surface area contributed by atoms with Crippen molar-refractivity contribution in [2.24, 2.45) is 0 Å². The summed E-state index contributed by atoms with van der Waals surface area (Å²) in [6, 6.07) is 11.6. The second-order valence-corrected chi connectivity index (χ2v) is 10.3. The summed E-state index contributed by atoms with van der Waals surface area (Å²) in [6.07, 6.45) is 4.91. The van der Waals surface area contributed by atoms with Crippen LogP contribution in [0.3, 0.4) is 0 Å². The van der Waals surface area contributed by atoms with Crippen LogP contribution in [-0.2, 0) is 14.8 Å². The fraction of sp³-hybridized carbons (Fsp3) is 0.350. The average Bonchev–Trinajstić information content (AvgIpc) is 2.69. The Labute approximate surface area is 189 Å². The van der Waals surface area contributed by atoms with E-state index in [0.717, 1.165) is 35.7 Å². The molecule has 9 heteroatoms. The van der Waals surface area contributed by atoms with Crippen LogP contribution in [0.5, 0.6) is 5.75 Å². The number of nitrogens with one attached hydrogen (secondary N) is 2. The Bertz CT molecular complexity index is 961. The molecule has 1 aliphatic rings. The fourth-order valence-electron chi connectivity index (χ4n) is 3.15. The van der Waals surface area contributed by atoms with Crippen LogP contribution in [0.15, 0.2) is 47.4 Å². The van der Waals surface area contributed by atoms with Crippen molar-refractivity contribution in [1.82, 2.24) is 4.72 Å². The molecule has 0 aromatic heterocycles. The first-order chi connectivity index (χ1) is 13.8. The van der Waals surface area contributed by atoms with Gasteiger partial charge in [-0.1, -0.05) is 30.9 Å². The molecule has 1 fully saturated rings. The van der Waals surface area contributed by atoms with E-state index in [2.05, 4.69) is 32.6 Å². The number of halogens is 2. The number of amides is 1. The quantitative estimate of drug-likeness (QED) is 0.497. The van der Waals surface area contributed by atoms with Gasteiger partial charge in [0.05, 0.1) is 9.92 Å². The summed E-state index contributed by atoms with van der Waals surface area (Å²) in [4.78, 5) is 12.1. The topological polar surface area (TPSA) is 84.5 Å². The highest BCUT2D eigenvalue weighted by atomic mass is 127. The molecular weight excluding hydrogens is 527 g/mol. The van der Waals surface area contributed by atoms with Crippen LogP contribution in [0.25, 0.3) is 0 Å². The molecule has 0 spiro atoms. The van der Waals surface area contributed by atoms with Crippen LogP contribution in [0.4, 0.5) is 5.69 Å². The van der Waals surface area contributed by atoms with E-state index in [4.69, 9.17) is 16.3 Å². The molecule has 2 aromatic carbocycles. The number of sulfonamides is 1. The van der Waals surface area contributed by atoms with Gasteiger partial charge < -0.3 is 10.1 Å². The molecular formula is C20H22ClIN2O4S. The van der Waals surface area contributed by atoms with E-state index in [-0.39, 0.29) is 34.2 Å². The number of carbonyl (C=O) groups is 1. The van der Waals surface area contributed by atoms with E-state index in [1.807, 2.05) is 12.1 Å². The van der Waals surface area contributed by atoms with E-state index < -0.39 is 10.0 Å². The lowest BCUT2D eigenvalue weighted by molar-refractivity contribution is -0.118. The summed E-state index contributed by atoms with van der Waals surface area (Å²) in [5.41, 5.74) is 0.667. The molecule has 3 rings (SSSR count). The highest BCUT2D eigenvalue weighted by Crippen LogP contribution is 2.28. The van der Waals surface area contributed by atoms with Gasteiger partial charge in [0.2, 0.25) is 10.0 Å². The molecule has 0 unspecified atom stereocenters. The van der Waals surface area contributed by atoms with Crippen molar-refractivity contribution in [3.05, 3.63) is 51.1 Å². The lowest BCUT2D eigenvalue weighted by atomic mass is 9.96. The molecule has 0 bridgehead atoms. The van der Waals surface area contributed by atoms with Crippen molar-refractivity contribution < 1.29 is 17.9 Å². The number of hydrogen-bond acceptors (Lipinski definition) is 4. The first-order valence-electron chi connectivity index (χ1n) is 9.33. The number of benzene rings is 2. The second kappa shape index (κ2) is 10.1. The summed E-state index contributed by atoms with van der Waals surface area (Å²) in [7, 11) is -3.64. The zero-order chi connectivity index (χ0) is 20.9. The molecule has 2 aromatic rings. The first-order valence-corrected chi connectivity index (χ1v) is 12.3. The zero-order valence-corrected chi connectivity index (χ0v) is 19.4. The number of hydrogen-bond donors (Lipinski definition) is 2. The van der Waals surface area contributed by atoms with Crippen LogP contribution in [-0.4, -0.2) is 27.0 Å². The summed E-state index contributed by atoms with van der Waals surface area (Å²) in [6.45, 7) is -0.238. The van der Waals surface area contributed by atoms with Crippen LogP contribution in [0, 0.1) is 3.57 Å². The fourth-order valence-corrected chi connectivity index (χ4v) is 5.14. The van der Waals surface area contributed by atoms with Gasteiger partial charge in [0, 0.05) is 15.3 Å². The van der Waals surface area contributed by atoms with Gasteiger partial charge in [-0.15, -0.1) is 0 Å². The summed E-state index contributed by atoms with van der Waals surface area (Å²) in [5.74, 6) is -0.0843. The summed E-state index contributed by atoms with van der Waals surface area (Å²) in [5, 5.41) is 2.86. The van der Waals surface area contributed by atoms with Crippen molar-refractivity contribution >= 4 is 55.8 Å². The predicted octanol–water partition coefficient (Wildman–Crippen LogP) is 4.57. The van der Waals surface area contributed by atoms with Gasteiger partial charge in [0.1, 0.15) is 5.75 Å². The van der Waals surface area contributed by atoms with E-state index in [1.165, 1.54) is 18.2 Å². The third-order valence-electron chi connectivity index (χ3n) is 4.63. The van der Waals surface area contributed by atoms with E-state index in [1.54, 1.807) is 12.1 Å². The smallest absolute Gasteiger partial charge is 0.262 e. The van der Waals surface area contributed by atoms with Crippen molar-refractivity contribution in [2.45, 2.75) is 43.0 Å². The van der Waals surface area contributed by atoms with Gasteiger partial charge in [0.25, 0.3) is 5.91 Å². The molecule has 0 radical (unpaired) electrons. The molecule has 1 aliphatic carbocycles. The van der Waals surface area contributed by atoms with Crippen LogP contribution >= 0.6 is 34.2 Å². The first kappa shape index (κ1) is 22.3. The monoisotopic (exact) mass is 548 g/mol. The highest BCUT2D eigenvalue weighted by Gasteiger charge is 2.22. The standard InChI is InChI=1S/C20H22ClIN2O4S/c21-18-12-17(29(26,27)24-16-4-2-1-3-5-16)10-11-19(18)28-13-20(25)23-15-8-6-14(22)7-9-15/h6-12,16,24H,1-5,13H2,(H,23,25). The third kappa shape index (κ3) is 6.56. The molecule has 0 saturated heterocycles. The normalized spacial score (nSPS) is 15.1. The van der Waals surface area contributed by atoms with Gasteiger partial charge in [-0.2, -0.15) is 0 Å². The maximum Gasteiger partial charge on any atom is 0.262 e. The molecule has 156 valence electrons. The minimum atomic E-state index is -3.64. The SMILES string of the molecule is O=C(COc1ccc(S(=O)(=O)NC2CCCCC2)cc1Cl)Nc1ccc(I)cc1. The Kier molecular flexibility index (Phi) is 7.78. The average molecular weight is 549 g/mol. The van der Waals surface area contributed by atoms with Crippen molar-refractivity contribution in [3.63, 3.8) is 0 Å². The highest BCUT2D eigenvalue weighted by molar-refractivity contribution is 14.1. The minimum absolute atomic E-state index is 0.0339. The van der Waals surface area contributed by atoms with Gasteiger partial charge >= 0.3 is 0 Å². The van der Waals surface area contributed by atoms with E-state index in [0.29, 0.717) is 5.69 Å². The predicted molar refractivity (Wildman–Crippen MR) is 122 cm³/mol. The molecule has 1 amide bonds. The lowest BCUT2D eigenvalue weighted by Crippen LogP contribution is -2.36. The Morgan fingerprint density at radius 1 is 1.10 bits per heavy atom. The molecule has 6 nitrogen and oxygen atoms in total. The Hall–Kier alpha value is -1.36. The number of rotatable bonds is 7. The van der Waals surface area contributed by atoms with E-state index in [9.17, 15) is 13.2 Å². The van der Waals surface area contributed by atoms with Crippen LogP contribution in [0.1, 0.15) is 32.1 Å². The largest absolute Gasteiger partial charge is 0.482 e. The molecule has 2 N–H and O–H groups in total. The maximum absolute atomic E-state index is 12.6. The van der Waals surface area contributed by atoms with Crippen molar-refractivity contribution in [2.75, 3.05) is 11.9 Å². The molecule has 1 saturated carbocycles. The van der Waals surface area contributed by atoms with Gasteiger partial charge in [-0.05, 0) is 77.9 Å². The Morgan fingerprint density at radius 3 is 2.45 bits per heavy atom. The molecule has 0 heterocycles. The van der Waals surface area contributed by atoms with Crippen molar-refractivity contribution in [1.29, 1.82) is 0 Å². The van der Waals surface area contributed by atoms with Gasteiger partial charge in [-0.25, -0.2) is 13.1 Å². The molecule has 0 aliphatic heterocycles. The maximum atomic E-state index is 12.6. The number of carbonyl (C=O) groups excluding carboxylic acids is 1. The summed E-state index contributed by atoms with van der Waals surface area (Å²) < 4.78 is 34.4. The second-order valence-electron chi connectivity index (χ2n) is 6.89. The summed E-state index contributed by atoms with van der Waals surface area (Å²) >= 11 is 8.37. The lowest BCUT2D eigenvalue weighted by Gasteiger charge is -2.22. The number of ether oxygens (including phenoxy) is 1. The molecule has 29 heavy (non-hydrogen) atoms. The Balaban J connectivity index is 1.58. The molecule has 0 atom stereocenters.